The quantitative estimate of drug-likeness (QED) is 0.850. The third-order valence-electron chi connectivity index (χ3n) is 2.77. The molecule has 0 bridgehead atoms. The van der Waals surface area contributed by atoms with Crippen LogP contribution in [0.1, 0.15) is 37.5 Å². The fourth-order valence-corrected chi connectivity index (χ4v) is 1.94. The average Bonchev–Trinajstić information content (AvgIpc) is 2.36. The first-order valence-corrected chi connectivity index (χ1v) is 6.39. The van der Waals surface area contributed by atoms with Gasteiger partial charge in [0.1, 0.15) is 17.2 Å². The second-order valence-electron chi connectivity index (χ2n) is 5.53. The number of ether oxygens (including phenoxy) is 2. The van der Waals surface area contributed by atoms with Crippen LogP contribution in [0.4, 0.5) is 10.6 Å². The molecule has 2 heterocycles. The van der Waals surface area contributed by atoms with Gasteiger partial charge in [0.2, 0.25) is 0 Å². The molecule has 2 rings (SSSR count). The first-order chi connectivity index (χ1) is 9.40. The first-order valence-electron chi connectivity index (χ1n) is 6.39. The van der Waals surface area contributed by atoms with Crippen LogP contribution in [0.25, 0.3) is 0 Å². The number of amides is 1. The fraction of sp³-hybridized carbons (Fsp3) is 0.500. The lowest BCUT2D eigenvalue weighted by Gasteiger charge is -2.21. The van der Waals surface area contributed by atoms with Gasteiger partial charge in [-0.25, -0.2) is 9.78 Å². The van der Waals surface area contributed by atoms with Crippen LogP contribution in [0.5, 0.6) is 0 Å². The van der Waals surface area contributed by atoms with Gasteiger partial charge in [-0.1, -0.05) is 0 Å². The number of nitrogens with zero attached hydrogens (tertiary/aromatic N) is 2. The van der Waals surface area contributed by atoms with E-state index in [0.29, 0.717) is 18.8 Å². The van der Waals surface area contributed by atoms with Crippen molar-refractivity contribution < 1.29 is 14.3 Å². The van der Waals surface area contributed by atoms with E-state index < -0.39 is 11.7 Å². The molecule has 0 spiro atoms. The summed E-state index contributed by atoms with van der Waals surface area (Å²) >= 11 is 0. The maximum absolute atomic E-state index is 11.8. The largest absolute Gasteiger partial charge is 0.444 e. The number of nitrogens with one attached hydrogen (secondary N) is 1. The smallest absolute Gasteiger partial charge is 0.413 e. The van der Waals surface area contributed by atoms with Crippen LogP contribution in [0, 0.1) is 11.3 Å². The van der Waals surface area contributed by atoms with Gasteiger partial charge in [0.15, 0.2) is 5.82 Å². The molecule has 20 heavy (non-hydrogen) atoms. The molecule has 1 aliphatic heterocycles. The molecule has 1 aliphatic rings. The SMILES string of the molecule is CC(C)(C)OC(=O)Nc1ncc2c(c1C#N)COCC2. The van der Waals surface area contributed by atoms with Crippen molar-refractivity contribution >= 4 is 11.9 Å². The van der Waals surface area contributed by atoms with Gasteiger partial charge >= 0.3 is 6.09 Å². The zero-order chi connectivity index (χ0) is 14.8. The molecule has 1 aromatic rings. The Morgan fingerprint density at radius 1 is 1.55 bits per heavy atom. The number of carbonyl (C=O) groups excluding carboxylic acids is 1. The Balaban J connectivity index is 2.25. The van der Waals surface area contributed by atoms with E-state index in [1.807, 2.05) is 0 Å². The van der Waals surface area contributed by atoms with Gasteiger partial charge in [-0.3, -0.25) is 5.32 Å². The Kier molecular flexibility index (Phi) is 3.91. The monoisotopic (exact) mass is 275 g/mol. The Labute approximate surface area is 117 Å². The summed E-state index contributed by atoms with van der Waals surface area (Å²) in [5.74, 6) is 0.214. The highest BCUT2D eigenvalue weighted by Gasteiger charge is 2.21. The van der Waals surface area contributed by atoms with Crippen molar-refractivity contribution in [3.05, 3.63) is 22.9 Å². The molecule has 1 N–H and O–H groups in total. The highest BCUT2D eigenvalue weighted by atomic mass is 16.6. The van der Waals surface area contributed by atoms with E-state index in [-0.39, 0.29) is 5.82 Å². The highest BCUT2D eigenvalue weighted by Crippen LogP contribution is 2.25. The minimum atomic E-state index is -0.627. The van der Waals surface area contributed by atoms with E-state index >= 15 is 0 Å². The number of carbonyl (C=O) groups is 1. The van der Waals surface area contributed by atoms with Crippen molar-refractivity contribution in [2.45, 2.75) is 39.4 Å². The van der Waals surface area contributed by atoms with Crippen molar-refractivity contribution in [3.63, 3.8) is 0 Å². The molecule has 0 unspecified atom stereocenters. The molecule has 0 aromatic carbocycles. The third kappa shape index (κ3) is 3.25. The number of rotatable bonds is 1. The summed E-state index contributed by atoms with van der Waals surface area (Å²) in [4.78, 5) is 15.9. The van der Waals surface area contributed by atoms with E-state index in [1.165, 1.54) is 0 Å². The van der Waals surface area contributed by atoms with Crippen molar-refractivity contribution in [2.75, 3.05) is 11.9 Å². The molecule has 6 heteroatoms. The second kappa shape index (κ2) is 5.47. The summed E-state index contributed by atoms with van der Waals surface area (Å²) in [6.07, 6.45) is 1.77. The van der Waals surface area contributed by atoms with Gasteiger partial charge in [-0.15, -0.1) is 0 Å². The molecule has 0 saturated heterocycles. The van der Waals surface area contributed by atoms with Crippen LogP contribution < -0.4 is 5.32 Å². The minimum Gasteiger partial charge on any atom is -0.444 e. The average molecular weight is 275 g/mol. The van der Waals surface area contributed by atoms with Crippen LogP contribution in [-0.2, 0) is 22.5 Å². The maximum atomic E-state index is 11.8. The van der Waals surface area contributed by atoms with Crippen molar-refractivity contribution in [1.82, 2.24) is 4.98 Å². The second-order valence-corrected chi connectivity index (χ2v) is 5.53. The van der Waals surface area contributed by atoms with Gasteiger partial charge < -0.3 is 9.47 Å². The first kappa shape index (κ1) is 14.3. The lowest BCUT2D eigenvalue weighted by atomic mass is 10.0. The van der Waals surface area contributed by atoms with Crippen LogP contribution in [-0.4, -0.2) is 23.3 Å². The topological polar surface area (TPSA) is 84.2 Å². The third-order valence-corrected chi connectivity index (χ3v) is 2.77. The van der Waals surface area contributed by atoms with E-state index in [0.717, 1.165) is 17.5 Å². The zero-order valence-electron chi connectivity index (χ0n) is 11.8. The lowest BCUT2D eigenvalue weighted by Crippen LogP contribution is -2.28. The van der Waals surface area contributed by atoms with E-state index in [2.05, 4.69) is 16.4 Å². The van der Waals surface area contributed by atoms with Gasteiger partial charge in [-0.05, 0) is 32.8 Å². The van der Waals surface area contributed by atoms with Gasteiger partial charge in [0.05, 0.1) is 13.2 Å². The lowest BCUT2D eigenvalue weighted by molar-refractivity contribution is 0.0635. The standard InChI is InChI=1S/C14H17N3O3/c1-14(2,3)20-13(18)17-12-10(6-15)11-8-19-5-4-9(11)7-16-12/h7H,4-5,8H2,1-3H3,(H,16,17,18). The molecule has 0 fully saturated rings. The van der Waals surface area contributed by atoms with Crippen LogP contribution >= 0.6 is 0 Å². The van der Waals surface area contributed by atoms with E-state index in [9.17, 15) is 10.1 Å². The Bertz CT molecular complexity index is 570. The van der Waals surface area contributed by atoms with Gasteiger partial charge in [0.25, 0.3) is 0 Å². The number of fused-ring (bicyclic) bond motifs is 1. The Morgan fingerprint density at radius 3 is 2.95 bits per heavy atom. The van der Waals surface area contributed by atoms with Crippen LogP contribution in [0.2, 0.25) is 0 Å². The summed E-state index contributed by atoms with van der Waals surface area (Å²) in [6.45, 7) is 6.30. The van der Waals surface area contributed by atoms with Gasteiger partial charge in [-0.2, -0.15) is 5.26 Å². The number of pyridine rings is 1. The predicted molar refractivity (Wildman–Crippen MR) is 72.2 cm³/mol. The number of aromatic nitrogens is 1. The van der Waals surface area contributed by atoms with Crippen LogP contribution in [0.3, 0.4) is 0 Å². The summed E-state index contributed by atoms with van der Waals surface area (Å²) in [6, 6.07) is 2.08. The molecular weight excluding hydrogens is 258 g/mol. The van der Waals surface area contributed by atoms with Crippen molar-refractivity contribution in [1.29, 1.82) is 5.26 Å². The molecule has 1 aromatic heterocycles. The molecule has 0 radical (unpaired) electrons. The number of hydrogen-bond donors (Lipinski definition) is 1. The van der Waals surface area contributed by atoms with Crippen molar-refractivity contribution in [2.24, 2.45) is 0 Å². The molecule has 0 atom stereocenters. The minimum absolute atomic E-state index is 0.214. The molecule has 0 saturated carbocycles. The number of nitriles is 1. The number of hydrogen-bond acceptors (Lipinski definition) is 5. The molecule has 1 amide bonds. The fourth-order valence-electron chi connectivity index (χ4n) is 1.94. The van der Waals surface area contributed by atoms with Gasteiger partial charge in [0, 0.05) is 11.8 Å². The summed E-state index contributed by atoms with van der Waals surface area (Å²) in [7, 11) is 0. The Morgan fingerprint density at radius 2 is 2.30 bits per heavy atom. The maximum Gasteiger partial charge on any atom is 0.413 e. The van der Waals surface area contributed by atoms with E-state index in [1.54, 1.807) is 27.0 Å². The van der Waals surface area contributed by atoms with E-state index in [4.69, 9.17) is 9.47 Å². The predicted octanol–water partition coefficient (Wildman–Crippen LogP) is 2.37. The zero-order valence-corrected chi connectivity index (χ0v) is 11.8. The number of anilines is 1. The van der Waals surface area contributed by atoms with Crippen molar-refractivity contribution in [3.8, 4) is 6.07 Å². The van der Waals surface area contributed by atoms with Crippen LogP contribution in [0.15, 0.2) is 6.20 Å². The summed E-state index contributed by atoms with van der Waals surface area (Å²) in [5, 5.41) is 11.8. The molecule has 0 aliphatic carbocycles. The normalized spacial score (nSPS) is 14.1. The summed E-state index contributed by atoms with van der Waals surface area (Å²) < 4.78 is 10.5. The molecular formula is C14H17N3O3. The molecule has 6 nitrogen and oxygen atoms in total. The Hall–Kier alpha value is -2.13. The highest BCUT2D eigenvalue weighted by molar-refractivity contribution is 5.85. The summed E-state index contributed by atoms with van der Waals surface area (Å²) in [5.41, 5.74) is 1.52. The molecule has 106 valence electrons.